The van der Waals surface area contributed by atoms with Crippen molar-refractivity contribution in [2.45, 2.75) is 20.4 Å². The molecule has 96 valence electrons. The standard InChI is InChI=1S/C12H14N2O4/c1-12(2)8-18-13(11(12)15)7-9-3-5-10(6-4-9)14(16)17/h3-6H,7-8H2,1-2H3. The van der Waals surface area contributed by atoms with E-state index >= 15 is 0 Å². The second kappa shape index (κ2) is 4.38. The summed E-state index contributed by atoms with van der Waals surface area (Å²) in [6.07, 6.45) is 0. The van der Waals surface area contributed by atoms with E-state index in [1.807, 2.05) is 13.8 Å². The topological polar surface area (TPSA) is 72.7 Å². The zero-order chi connectivity index (χ0) is 13.3. The molecule has 2 rings (SSSR count). The van der Waals surface area contributed by atoms with Crippen LogP contribution in [-0.4, -0.2) is 22.5 Å². The highest BCUT2D eigenvalue weighted by Crippen LogP contribution is 2.28. The Morgan fingerprint density at radius 2 is 2.00 bits per heavy atom. The first kappa shape index (κ1) is 12.5. The van der Waals surface area contributed by atoms with E-state index in [1.165, 1.54) is 17.2 Å². The quantitative estimate of drug-likeness (QED) is 0.606. The second-order valence-electron chi connectivity index (χ2n) is 4.92. The largest absolute Gasteiger partial charge is 0.272 e. The van der Waals surface area contributed by atoms with Crippen LogP contribution in [0.3, 0.4) is 0 Å². The van der Waals surface area contributed by atoms with Crippen LogP contribution in [0.15, 0.2) is 24.3 Å². The number of nitro benzene ring substituents is 1. The van der Waals surface area contributed by atoms with Gasteiger partial charge in [0.1, 0.15) is 0 Å². The first-order valence-electron chi connectivity index (χ1n) is 5.58. The molecule has 1 aromatic carbocycles. The van der Waals surface area contributed by atoms with Gasteiger partial charge in [-0.05, 0) is 19.4 Å². The fraction of sp³-hybridized carbons (Fsp3) is 0.417. The molecule has 0 radical (unpaired) electrons. The van der Waals surface area contributed by atoms with Crippen molar-refractivity contribution < 1.29 is 14.6 Å². The minimum atomic E-state index is -0.499. The lowest BCUT2D eigenvalue weighted by molar-refractivity contribution is -0.384. The Hall–Kier alpha value is -1.95. The third-order valence-corrected chi connectivity index (χ3v) is 2.86. The van der Waals surface area contributed by atoms with E-state index in [0.29, 0.717) is 13.2 Å². The highest BCUT2D eigenvalue weighted by atomic mass is 16.7. The van der Waals surface area contributed by atoms with E-state index in [-0.39, 0.29) is 11.6 Å². The average molecular weight is 250 g/mol. The summed E-state index contributed by atoms with van der Waals surface area (Å²) in [7, 11) is 0. The van der Waals surface area contributed by atoms with Crippen LogP contribution in [0.5, 0.6) is 0 Å². The van der Waals surface area contributed by atoms with Crippen molar-refractivity contribution in [2.24, 2.45) is 5.41 Å². The molecular weight excluding hydrogens is 236 g/mol. The third kappa shape index (κ3) is 2.33. The normalized spacial score (nSPS) is 18.1. The maximum atomic E-state index is 11.9. The molecule has 6 nitrogen and oxygen atoms in total. The summed E-state index contributed by atoms with van der Waals surface area (Å²) in [5, 5.41) is 11.8. The predicted molar refractivity (Wildman–Crippen MR) is 63.4 cm³/mol. The van der Waals surface area contributed by atoms with Gasteiger partial charge >= 0.3 is 0 Å². The Morgan fingerprint density at radius 3 is 2.44 bits per heavy atom. The molecule has 0 bridgehead atoms. The Bertz CT molecular complexity index is 481. The first-order chi connectivity index (χ1) is 8.40. The minimum absolute atomic E-state index is 0.0350. The van der Waals surface area contributed by atoms with Gasteiger partial charge in [-0.2, -0.15) is 0 Å². The fourth-order valence-corrected chi connectivity index (χ4v) is 1.70. The maximum absolute atomic E-state index is 11.9. The number of rotatable bonds is 3. The number of hydrogen-bond acceptors (Lipinski definition) is 4. The molecule has 1 fully saturated rings. The molecule has 0 unspecified atom stereocenters. The zero-order valence-corrected chi connectivity index (χ0v) is 10.3. The number of nitro groups is 1. The number of carbonyl (C=O) groups is 1. The lowest BCUT2D eigenvalue weighted by atomic mass is 9.95. The Labute approximate surface area is 104 Å². The molecule has 0 spiro atoms. The van der Waals surface area contributed by atoms with Crippen LogP contribution in [0, 0.1) is 15.5 Å². The SMILES string of the molecule is CC1(C)CON(Cc2ccc([N+](=O)[O-])cc2)C1=O. The Kier molecular flexibility index (Phi) is 3.04. The summed E-state index contributed by atoms with van der Waals surface area (Å²) in [6.45, 7) is 4.31. The molecule has 0 saturated carbocycles. The van der Waals surface area contributed by atoms with Gasteiger partial charge in [-0.25, -0.2) is 5.06 Å². The van der Waals surface area contributed by atoms with E-state index < -0.39 is 10.3 Å². The molecule has 1 aliphatic heterocycles. The molecule has 0 N–H and O–H groups in total. The van der Waals surface area contributed by atoms with Gasteiger partial charge in [-0.3, -0.25) is 19.7 Å². The van der Waals surface area contributed by atoms with E-state index in [2.05, 4.69) is 0 Å². The van der Waals surface area contributed by atoms with Gasteiger partial charge < -0.3 is 0 Å². The van der Waals surface area contributed by atoms with Crippen molar-refractivity contribution >= 4 is 11.6 Å². The van der Waals surface area contributed by atoms with E-state index in [9.17, 15) is 14.9 Å². The number of benzene rings is 1. The van der Waals surface area contributed by atoms with Gasteiger partial charge in [0.25, 0.3) is 11.6 Å². The van der Waals surface area contributed by atoms with Crippen molar-refractivity contribution in [1.82, 2.24) is 5.06 Å². The molecule has 1 saturated heterocycles. The van der Waals surface area contributed by atoms with Gasteiger partial charge in [0.2, 0.25) is 0 Å². The van der Waals surface area contributed by atoms with E-state index in [4.69, 9.17) is 4.84 Å². The molecule has 6 heteroatoms. The molecule has 0 aliphatic carbocycles. The van der Waals surface area contributed by atoms with Crippen LogP contribution >= 0.6 is 0 Å². The van der Waals surface area contributed by atoms with Crippen LogP contribution in [0.4, 0.5) is 5.69 Å². The molecule has 1 aromatic rings. The molecule has 18 heavy (non-hydrogen) atoms. The lowest BCUT2D eigenvalue weighted by Crippen LogP contribution is -2.30. The third-order valence-electron chi connectivity index (χ3n) is 2.86. The van der Waals surface area contributed by atoms with Crippen LogP contribution < -0.4 is 0 Å². The van der Waals surface area contributed by atoms with Gasteiger partial charge in [-0.1, -0.05) is 12.1 Å². The van der Waals surface area contributed by atoms with Crippen LogP contribution in [-0.2, 0) is 16.2 Å². The predicted octanol–water partition coefficient (Wildman–Crippen LogP) is 1.89. The second-order valence-corrected chi connectivity index (χ2v) is 4.92. The monoisotopic (exact) mass is 250 g/mol. The molecule has 0 atom stereocenters. The smallest absolute Gasteiger partial charge is 0.269 e. The van der Waals surface area contributed by atoms with Crippen LogP contribution in [0.2, 0.25) is 0 Å². The summed E-state index contributed by atoms with van der Waals surface area (Å²) in [5.41, 5.74) is 0.334. The number of non-ortho nitro benzene ring substituents is 1. The molecule has 1 aliphatic rings. The summed E-state index contributed by atoms with van der Waals surface area (Å²) >= 11 is 0. The number of hydrogen-bond donors (Lipinski definition) is 0. The molecule has 1 amide bonds. The Balaban J connectivity index is 2.07. The lowest BCUT2D eigenvalue weighted by Gasteiger charge is -2.16. The van der Waals surface area contributed by atoms with Crippen molar-refractivity contribution in [2.75, 3.05) is 6.61 Å². The number of hydroxylamine groups is 2. The van der Waals surface area contributed by atoms with Gasteiger partial charge in [0, 0.05) is 12.1 Å². The highest BCUT2D eigenvalue weighted by Gasteiger charge is 2.40. The summed E-state index contributed by atoms with van der Waals surface area (Å²) in [4.78, 5) is 27.3. The summed E-state index contributed by atoms with van der Waals surface area (Å²) in [6, 6.07) is 6.09. The maximum Gasteiger partial charge on any atom is 0.269 e. The summed E-state index contributed by atoms with van der Waals surface area (Å²) < 4.78 is 0. The first-order valence-corrected chi connectivity index (χ1v) is 5.58. The fourth-order valence-electron chi connectivity index (χ4n) is 1.70. The van der Waals surface area contributed by atoms with Crippen molar-refractivity contribution in [3.8, 4) is 0 Å². The number of carbonyl (C=O) groups excluding carboxylic acids is 1. The minimum Gasteiger partial charge on any atom is -0.272 e. The highest BCUT2D eigenvalue weighted by molar-refractivity contribution is 5.82. The number of nitrogens with zero attached hydrogens (tertiary/aromatic N) is 2. The molecule has 0 aromatic heterocycles. The molecular formula is C12H14N2O4. The van der Waals surface area contributed by atoms with Crippen LogP contribution in [0.1, 0.15) is 19.4 Å². The van der Waals surface area contributed by atoms with E-state index in [0.717, 1.165) is 5.56 Å². The van der Waals surface area contributed by atoms with Gasteiger partial charge in [-0.15, -0.1) is 0 Å². The van der Waals surface area contributed by atoms with E-state index in [1.54, 1.807) is 12.1 Å². The van der Waals surface area contributed by atoms with Crippen LogP contribution in [0.25, 0.3) is 0 Å². The van der Waals surface area contributed by atoms with Gasteiger partial charge in [0.05, 0.1) is 23.5 Å². The zero-order valence-electron chi connectivity index (χ0n) is 10.3. The number of amides is 1. The molecule has 1 heterocycles. The van der Waals surface area contributed by atoms with Gasteiger partial charge in [0.15, 0.2) is 0 Å². The Morgan fingerprint density at radius 1 is 1.39 bits per heavy atom. The van der Waals surface area contributed by atoms with Crippen molar-refractivity contribution in [3.63, 3.8) is 0 Å². The van der Waals surface area contributed by atoms with Crippen molar-refractivity contribution in [3.05, 3.63) is 39.9 Å². The summed E-state index contributed by atoms with van der Waals surface area (Å²) in [5.74, 6) is -0.0687. The van der Waals surface area contributed by atoms with Crippen molar-refractivity contribution in [1.29, 1.82) is 0 Å². The average Bonchev–Trinajstić information content (AvgIpc) is 2.57.